The molecule has 2 N–H and O–H groups in total. The number of pyridine rings is 1. The molecule has 2 aromatic rings. The van der Waals surface area contributed by atoms with E-state index >= 15 is 0 Å². The number of non-ortho nitro benzene ring substituents is 1. The monoisotopic (exact) mass is 309 g/mol. The number of sulfonamides is 1. The van der Waals surface area contributed by atoms with Crippen molar-refractivity contribution in [3.63, 3.8) is 0 Å². The van der Waals surface area contributed by atoms with Crippen molar-refractivity contribution < 1.29 is 13.3 Å². The van der Waals surface area contributed by atoms with Crippen molar-refractivity contribution in [1.29, 1.82) is 0 Å². The van der Waals surface area contributed by atoms with Crippen LogP contribution in [0.1, 0.15) is 5.56 Å². The number of nitro benzene ring substituents is 1. The van der Waals surface area contributed by atoms with E-state index in [1.807, 2.05) is 0 Å². The van der Waals surface area contributed by atoms with Crippen molar-refractivity contribution in [1.82, 2.24) is 9.71 Å². The first-order valence-corrected chi connectivity index (χ1v) is 7.28. The Morgan fingerprint density at radius 1 is 1.29 bits per heavy atom. The number of nitro groups is 1. The Hall–Kier alpha value is -2.52. The van der Waals surface area contributed by atoms with E-state index in [1.54, 1.807) is 6.07 Å². The van der Waals surface area contributed by atoms with Gasteiger partial charge in [0.2, 0.25) is 15.5 Å². The number of H-pyrrole nitrogens is 1. The summed E-state index contributed by atoms with van der Waals surface area (Å²) in [7, 11) is -3.99. The fraction of sp³-hybridized carbons (Fsp3) is 0.0833. The minimum atomic E-state index is -3.99. The molecule has 9 heteroatoms. The molecule has 8 nitrogen and oxygen atoms in total. The van der Waals surface area contributed by atoms with Crippen molar-refractivity contribution >= 4 is 15.7 Å². The predicted molar refractivity (Wildman–Crippen MR) is 74.2 cm³/mol. The van der Waals surface area contributed by atoms with Crippen molar-refractivity contribution in [2.45, 2.75) is 11.4 Å². The molecular formula is C12H11N3O5S. The third-order valence-electron chi connectivity index (χ3n) is 2.67. The molecule has 0 atom stereocenters. The van der Waals surface area contributed by atoms with Crippen LogP contribution < -0.4 is 10.2 Å². The summed E-state index contributed by atoms with van der Waals surface area (Å²) in [6, 6.07) is 6.67. The first-order chi connectivity index (χ1) is 9.90. The molecule has 1 aromatic carbocycles. The van der Waals surface area contributed by atoms with Crippen LogP contribution in [0.3, 0.4) is 0 Å². The quantitative estimate of drug-likeness (QED) is 0.623. The van der Waals surface area contributed by atoms with Gasteiger partial charge in [-0.2, -0.15) is 0 Å². The second-order valence-corrected chi connectivity index (χ2v) is 5.86. The van der Waals surface area contributed by atoms with Crippen molar-refractivity contribution in [2.24, 2.45) is 0 Å². The molecule has 1 heterocycles. The molecule has 0 saturated heterocycles. The predicted octanol–water partition coefficient (Wildman–Crippen LogP) is 0.762. The van der Waals surface area contributed by atoms with Gasteiger partial charge in [-0.25, -0.2) is 13.1 Å². The van der Waals surface area contributed by atoms with E-state index in [1.165, 1.54) is 24.4 Å². The van der Waals surface area contributed by atoms with E-state index in [-0.39, 0.29) is 12.2 Å². The maximum absolute atomic E-state index is 12.0. The molecular weight excluding hydrogens is 298 g/mol. The van der Waals surface area contributed by atoms with Crippen molar-refractivity contribution in [3.05, 3.63) is 68.6 Å². The van der Waals surface area contributed by atoms with E-state index < -0.39 is 25.3 Å². The Morgan fingerprint density at radius 2 is 2.05 bits per heavy atom. The molecule has 0 fully saturated rings. The highest BCUT2D eigenvalue weighted by molar-refractivity contribution is 7.89. The molecule has 0 aliphatic rings. The Labute approximate surface area is 119 Å². The molecule has 0 unspecified atom stereocenters. The summed E-state index contributed by atoms with van der Waals surface area (Å²) in [5.41, 5.74) is -0.357. The average molecular weight is 309 g/mol. The molecule has 0 saturated carbocycles. The van der Waals surface area contributed by atoms with E-state index in [0.29, 0.717) is 5.56 Å². The third-order valence-corrected chi connectivity index (χ3v) is 4.09. The van der Waals surface area contributed by atoms with Gasteiger partial charge in [-0.05, 0) is 5.56 Å². The van der Waals surface area contributed by atoms with E-state index in [2.05, 4.69) is 9.71 Å². The number of rotatable bonds is 5. The van der Waals surface area contributed by atoms with Crippen molar-refractivity contribution in [2.75, 3.05) is 0 Å². The SMILES string of the molecule is O=c1cc[nH]cc1S(=O)(=O)NCc1cccc([N+](=O)[O-])c1. The number of hydrogen-bond donors (Lipinski definition) is 2. The highest BCUT2D eigenvalue weighted by atomic mass is 32.2. The smallest absolute Gasteiger partial charge is 0.269 e. The maximum atomic E-state index is 12.0. The van der Waals surface area contributed by atoms with Crippen LogP contribution in [0, 0.1) is 10.1 Å². The summed E-state index contributed by atoms with van der Waals surface area (Å²) < 4.78 is 26.2. The van der Waals surface area contributed by atoms with E-state index in [0.717, 1.165) is 12.3 Å². The van der Waals surface area contributed by atoms with Crippen LogP contribution in [0.25, 0.3) is 0 Å². The Balaban J connectivity index is 2.20. The van der Waals surface area contributed by atoms with E-state index in [4.69, 9.17) is 0 Å². The lowest BCUT2D eigenvalue weighted by atomic mass is 10.2. The normalized spacial score (nSPS) is 11.2. The lowest BCUT2D eigenvalue weighted by Gasteiger charge is -2.06. The number of benzene rings is 1. The Bertz CT molecular complexity index is 829. The summed E-state index contributed by atoms with van der Waals surface area (Å²) in [4.78, 5) is 23.7. The zero-order valence-corrected chi connectivity index (χ0v) is 11.5. The third kappa shape index (κ3) is 3.52. The standard InChI is InChI=1S/C12H11N3O5S/c16-11-4-5-13-8-12(11)21(19,20)14-7-9-2-1-3-10(6-9)15(17)18/h1-6,8,14H,7H2,(H,13,16). The van der Waals surface area contributed by atoms with Crippen LogP contribution in [0.15, 0.2) is 52.4 Å². The lowest BCUT2D eigenvalue weighted by molar-refractivity contribution is -0.384. The largest absolute Gasteiger partial charge is 0.366 e. The molecule has 110 valence electrons. The second kappa shape index (κ2) is 5.85. The highest BCUT2D eigenvalue weighted by Crippen LogP contribution is 2.13. The highest BCUT2D eigenvalue weighted by Gasteiger charge is 2.17. The van der Waals surface area contributed by atoms with Gasteiger partial charge in [-0.3, -0.25) is 14.9 Å². The minimum absolute atomic E-state index is 0.135. The maximum Gasteiger partial charge on any atom is 0.269 e. The molecule has 0 aliphatic heterocycles. The number of nitrogens with zero attached hydrogens (tertiary/aromatic N) is 1. The summed E-state index contributed by atoms with van der Waals surface area (Å²) in [5.74, 6) is 0. The number of aromatic nitrogens is 1. The van der Waals surface area contributed by atoms with Gasteiger partial charge >= 0.3 is 0 Å². The van der Waals surface area contributed by atoms with Crippen molar-refractivity contribution in [3.8, 4) is 0 Å². The molecule has 0 spiro atoms. The average Bonchev–Trinajstić information content (AvgIpc) is 2.46. The van der Waals surface area contributed by atoms with Gasteiger partial charge in [0.25, 0.3) is 5.69 Å². The zero-order valence-electron chi connectivity index (χ0n) is 10.6. The van der Waals surface area contributed by atoms with Crippen LogP contribution in [-0.2, 0) is 16.6 Å². The van der Waals surface area contributed by atoms with E-state index in [9.17, 15) is 23.3 Å². The fourth-order valence-electron chi connectivity index (χ4n) is 1.65. The molecule has 0 amide bonds. The van der Waals surface area contributed by atoms with Gasteiger partial charge in [0.1, 0.15) is 4.90 Å². The van der Waals surface area contributed by atoms with Gasteiger partial charge in [0.05, 0.1) is 4.92 Å². The Kier molecular flexibility index (Phi) is 4.15. The topological polar surface area (TPSA) is 122 Å². The molecule has 21 heavy (non-hydrogen) atoms. The van der Waals surface area contributed by atoms with Gasteiger partial charge in [0.15, 0.2) is 0 Å². The first kappa shape index (κ1) is 14.9. The zero-order chi connectivity index (χ0) is 15.5. The number of hydrogen-bond acceptors (Lipinski definition) is 5. The summed E-state index contributed by atoms with van der Waals surface area (Å²) in [6.07, 6.45) is 2.40. The van der Waals surface area contributed by atoms with Crippen LogP contribution in [0.2, 0.25) is 0 Å². The molecule has 2 rings (SSSR count). The number of nitrogens with one attached hydrogen (secondary N) is 2. The van der Waals surface area contributed by atoms with Gasteiger partial charge in [-0.15, -0.1) is 0 Å². The molecule has 1 aromatic heterocycles. The molecule has 0 radical (unpaired) electrons. The van der Waals surface area contributed by atoms with Gasteiger partial charge in [0, 0.05) is 37.1 Å². The summed E-state index contributed by atoms with van der Waals surface area (Å²) >= 11 is 0. The van der Waals surface area contributed by atoms with Gasteiger partial charge in [-0.1, -0.05) is 12.1 Å². The summed E-state index contributed by atoms with van der Waals surface area (Å²) in [5, 5.41) is 10.6. The van der Waals surface area contributed by atoms with Crippen LogP contribution in [-0.4, -0.2) is 18.3 Å². The molecule has 0 bridgehead atoms. The van der Waals surface area contributed by atoms with Crippen LogP contribution >= 0.6 is 0 Å². The summed E-state index contributed by atoms with van der Waals surface area (Å²) in [6.45, 7) is -0.154. The number of aromatic amines is 1. The fourth-order valence-corrected chi connectivity index (χ4v) is 2.72. The Morgan fingerprint density at radius 3 is 2.71 bits per heavy atom. The second-order valence-electron chi connectivity index (χ2n) is 4.12. The lowest BCUT2D eigenvalue weighted by Crippen LogP contribution is -2.27. The molecule has 0 aliphatic carbocycles. The van der Waals surface area contributed by atoms with Crippen LogP contribution in [0.4, 0.5) is 5.69 Å². The van der Waals surface area contributed by atoms with Crippen LogP contribution in [0.5, 0.6) is 0 Å². The minimum Gasteiger partial charge on any atom is -0.366 e. The first-order valence-electron chi connectivity index (χ1n) is 5.80. The van der Waals surface area contributed by atoms with Gasteiger partial charge < -0.3 is 4.98 Å².